The van der Waals surface area contributed by atoms with Crippen LogP contribution < -0.4 is 5.32 Å². The van der Waals surface area contributed by atoms with Crippen LogP contribution >= 0.6 is 0 Å². The summed E-state index contributed by atoms with van der Waals surface area (Å²) in [6.07, 6.45) is 8.07. The number of hydrogen-bond donors (Lipinski definition) is 2. The molecule has 0 fully saturated rings. The SMILES string of the molecule is Cc1c(C(=O)O)cnn1-c1cccc(NC(=O)CC2C=CCC2)c1. The third kappa shape index (κ3) is 3.37. The highest BCUT2D eigenvalue weighted by molar-refractivity contribution is 5.91. The number of rotatable bonds is 5. The molecule has 124 valence electrons. The Morgan fingerprint density at radius 3 is 2.92 bits per heavy atom. The predicted octanol–water partition coefficient (Wildman–Crippen LogP) is 3.17. The van der Waals surface area contributed by atoms with Gasteiger partial charge in [0.1, 0.15) is 5.56 Å². The van der Waals surface area contributed by atoms with Crippen molar-refractivity contribution < 1.29 is 14.7 Å². The lowest BCUT2D eigenvalue weighted by Gasteiger charge is -2.11. The number of nitrogens with zero attached hydrogens (tertiary/aromatic N) is 2. The minimum absolute atomic E-state index is 0.0212. The van der Waals surface area contributed by atoms with E-state index in [1.807, 2.05) is 18.2 Å². The van der Waals surface area contributed by atoms with Crippen LogP contribution in [0.5, 0.6) is 0 Å². The highest BCUT2D eigenvalue weighted by atomic mass is 16.4. The van der Waals surface area contributed by atoms with E-state index in [1.54, 1.807) is 17.7 Å². The molecule has 1 heterocycles. The van der Waals surface area contributed by atoms with E-state index < -0.39 is 5.97 Å². The van der Waals surface area contributed by atoms with Crippen LogP contribution in [0, 0.1) is 12.8 Å². The number of amides is 1. The number of carboxylic acids is 1. The molecule has 1 aliphatic rings. The maximum Gasteiger partial charge on any atom is 0.339 e. The number of carbonyl (C=O) groups excluding carboxylic acids is 1. The fourth-order valence-electron chi connectivity index (χ4n) is 2.91. The van der Waals surface area contributed by atoms with Gasteiger partial charge < -0.3 is 10.4 Å². The van der Waals surface area contributed by atoms with E-state index in [2.05, 4.69) is 22.6 Å². The molecule has 6 nitrogen and oxygen atoms in total. The van der Waals surface area contributed by atoms with Gasteiger partial charge in [0.25, 0.3) is 0 Å². The van der Waals surface area contributed by atoms with Gasteiger partial charge in [0.15, 0.2) is 0 Å². The third-order valence-electron chi connectivity index (χ3n) is 4.17. The molecule has 24 heavy (non-hydrogen) atoms. The zero-order chi connectivity index (χ0) is 17.1. The van der Waals surface area contributed by atoms with Gasteiger partial charge in [0, 0.05) is 12.1 Å². The van der Waals surface area contributed by atoms with E-state index in [-0.39, 0.29) is 11.5 Å². The maximum atomic E-state index is 12.1. The molecule has 1 amide bonds. The van der Waals surface area contributed by atoms with Gasteiger partial charge in [-0.15, -0.1) is 0 Å². The van der Waals surface area contributed by atoms with Gasteiger partial charge in [0.2, 0.25) is 5.91 Å². The van der Waals surface area contributed by atoms with Crippen molar-refractivity contribution >= 4 is 17.6 Å². The Labute approximate surface area is 139 Å². The van der Waals surface area contributed by atoms with Crippen molar-refractivity contribution in [3.63, 3.8) is 0 Å². The first-order valence-electron chi connectivity index (χ1n) is 7.89. The zero-order valence-corrected chi connectivity index (χ0v) is 13.4. The van der Waals surface area contributed by atoms with E-state index in [4.69, 9.17) is 5.11 Å². The fourth-order valence-corrected chi connectivity index (χ4v) is 2.91. The predicted molar refractivity (Wildman–Crippen MR) is 90.4 cm³/mol. The van der Waals surface area contributed by atoms with Gasteiger partial charge >= 0.3 is 5.97 Å². The van der Waals surface area contributed by atoms with E-state index >= 15 is 0 Å². The van der Waals surface area contributed by atoms with Crippen LogP contribution in [0.15, 0.2) is 42.6 Å². The minimum atomic E-state index is -1.01. The van der Waals surface area contributed by atoms with Crippen LogP contribution in [0.4, 0.5) is 5.69 Å². The van der Waals surface area contributed by atoms with Crippen molar-refractivity contribution in [1.29, 1.82) is 0 Å². The topological polar surface area (TPSA) is 84.2 Å². The Hall–Kier alpha value is -2.89. The number of aromatic nitrogens is 2. The summed E-state index contributed by atoms with van der Waals surface area (Å²) in [5.74, 6) is -0.709. The molecule has 0 aliphatic heterocycles. The Bertz CT molecular complexity index is 808. The van der Waals surface area contributed by atoms with Gasteiger partial charge in [-0.1, -0.05) is 18.2 Å². The monoisotopic (exact) mass is 325 g/mol. The number of benzene rings is 1. The van der Waals surface area contributed by atoms with Crippen molar-refractivity contribution in [3.8, 4) is 5.69 Å². The van der Waals surface area contributed by atoms with Gasteiger partial charge in [0.05, 0.1) is 17.6 Å². The lowest BCUT2D eigenvalue weighted by molar-refractivity contribution is -0.116. The number of carboxylic acid groups (broad SMARTS) is 1. The summed E-state index contributed by atoms with van der Waals surface area (Å²) in [5, 5.41) is 16.1. The van der Waals surface area contributed by atoms with E-state index in [0.29, 0.717) is 29.4 Å². The van der Waals surface area contributed by atoms with Crippen molar-refractivity contribution in [2.45, 2.75) is 26.2 Å². The van der Waals surface area contributed by atoms with Crippen LogP contribution in [0.25, 0.3) is 5.69 Å². The van der Waals surface area contributed by atoms with Gasteiger partial charge in [-0.05, 0) is 43.9 Å². The van der Waals surface area contributed by atoms with Gasteiger partial charge in [-0.3, -0.25) is 4.79 Å². The molecule has 0 spiro atoms. The minimum Gasteiger partial charge on any atom is -0.478 e. The Morgan fingerprint density at radius 1 is 1.42 bits per heavy atom. The smallest absolute Gasteiger partial charge is 0.339 e. The number of allylic oxidation sites excluding steroid dienone is 2. The highest BCUT2D eigenvalue weighted by Crippen LogP contribution is 2.22. The Morgan fingerprint density at radius 2 is 2.25 bits per heavy atom. The number of nitrogens with one attached hydrogen (secondary N) is 1. The molecule has 1 aliphatic carbocycles. The number of aromatic carboxylic acids is 1. The molecule has 2 aromatic rings. The first-order valence-corrected chi connectivity index (χ1v) is 7.89. The normalized spacial score (nSPS) is 16.3. The largest absolute Gasteiger partial charge is 0.478 e. The molecular weight excluding hydrogens is 306 g/mol. The Kier molecular flexibility index (Phi) is 4.46. The van der Waals surface area contributed by atoms with Crippen molar-refractivity contribution in [1.82, 2.24) is 9.78 Å². The molecule has 0 radical (unpaired) electrons. The molecule has 0 bridgehead atoms. The van der Waals surface area contributed by atoms with Crippen LogP contribution in [0.3, 0.4) is 0 Å². The molecule has 1 unspecified atom stereocenters. The second kappa shape index (κ2) is 6.70. The summed E-state index contributed by atoms with van der Waals surface area (Å²) in [4.78, 5) is 23.3. The molecule has 2 N–H and O–H groups in total. The van der Waals surface area contributed by atoms with Gasteiger partial charge in [-0.2, -0.15) is 5.10 Å². The van der Waals surface area contributed by atoms with Gasteiger partial charge in [-0.25, -0.2) is 9.48 Å². The van der Waals surface area contributed by atoms with E-state index in [1.165, 1.54) is 6.20 Å². The third-order valence-corrected chi connectivity index (χ3v) is 4.17. The van der Waals surface area contributed by atoms with Crippen LogP contribution in [0.2, 0.25) is 0 Å². The number of carbonyl (C=O) groups is 2. The van der Waals surface area contributed by atoms with Crippen molar-refractivity contribution in [3.05, 3.63) is 53.9 Å². The Balaban J connectivity index is 1.75. The molecular formula is C18H19N3O3. The van der Waals surface area contributed by atoms with Crippen LogP contribution in [0.1, 0.15) is 35.3 Å². The lowest BCUT2D eigenvalue weighted by atomic mass is 10.1. The first-order chi connectivity index (χ1) is 11.5. The average molecular weight is 325 g/mol. The van der Waals surface area contributed by atoms with Crippen LogP contribution in [-0.4, -0.2) is 26.8 Å². The molecule has 6 heteroatoms. The first kappa shape index (κ1) is 16.0. The average Bonchev–Trinajstić information content (AvgIpc) is 3.16. The van der Waals surface area contributed by atoms with Crippen LogP contribution in [-0.2, 0) is 4.79 Å². The molecule has 1 aromatic carbocycles. The second-order valence-electron chi connectivity index (χ2n) is 5.93. The number of hydrogen-bond acceptors (Lipinski definition) is 3. The quantitative estimate of drug-likeness (QED) is 0.827. The fraction of sp³-hybridized carbons (Fsp3) is 0.278. The molecule has 0 saturated heterocycles. The lowest BCUT2D eigenvalue weighted by Crippen LogP contribution is -2.15. The summed E-state index contributed by atoms with van der Waals surface area (Å²) in [5.41, 5.74) is 2.09. The maximum absolute atomic E-state index is 12.1. The van der Waals surface area contributed by atoms with E-state index in [9.17, 15) is 9.59 Å². The summed E-state index contributed by atoms with van der Waals surface area (Å²) in [6.45, 7) is 1.70. The van der Waals surface area contributed by atoms with Crippen molar-refractivity contribution in [2.75, 3.05) is 5.32 Å². The van der Waals surface area contributed by atoms with Crippen molar-refractivity contribution in [2.24, 2.45) is 5.92 Å². The summed E-state index contributed by atoms with van der Waals surface area (Å²) in [6, 6.07) is 7.22. The molecule has 0 saturated carbocycles. The summed E-state index contributed by atoms with van der Waals surface area (Å²) >= 11 is 0. The van der Waals surface area contributed by atoms with E-state index in [0.717, 1.165) is 12.8 Å². The molecule has 1 aromatic heterocycles. The molecule has 3 rings (SSSR count). The second-order valence-corrected chi connectivity index (χ2v) is 5.93. The highest BCUT2D eigenvalue weighted by Gasteiger charge is 2.16. The standard InChI is InChI=1S/C18H19N3O3/c1-12-16(18(23)24)11-19-21(12)15-8-4-7-14(10-15)20-17(22)9-13-5-2-3-6-13/h2,4-5,7-8,10-11,13H,3,6,9H2,1H3,(H,20,22)(H,23,24). The summed E-state index contributed by atoms with van der Waals surface area (Å²) in [7, 11) is 0. The summed E-state index contributed by atoms with van der Waals surface area (Å²) < 4.78 is 1.55. The molecule has 1 atom stereocenters. The number of anilines is 1. The zero-order valence-electron chi connectivity index (χ0n) is 13.4.